The van der Waals surface area contributed by atoms with Crippen molar-refractivity contribution in [2.45, 2.75) is 26.2 Å². The molecule has 0 N–H and O–H groups in total. The maximum atomic E-state index is 11.1. The molecule has 0 aliphatic heterocycles. The fourth-order valence-electron chi connectivity index (χ4n) is 1.62. The SMILES string of the molecule is COC(=O)[C@H]1CCC(=O)[C@@H](C)C1. The van der Waals surface area contributed by atoms with Gasteiger partial charge in [0.2, 0.25) is 0 Å². The molecule has 2 atom stereocenters. The van der Waals surface area contributed by atoms with Crippen molar-refractivity contribution in [3.63, 3.8) is 0 Å². The third kappa shape index (κ3) is 1.84. The summed E-state index contributed by atoms with van der Waals surface area (Å²) in [4.78, 5) is 22.2. The minimum atomic E-state index is -0.172. The van der Waals surface area contributed by atoms with Gasteiger partial charge in [0.05, 0.1) is 13.0 Å². The topological polar surface area (TPSA) is 43.4 Å². The molecule has 0 amide bonds. The van der Waals surface area contributed by atoms with Crippen LogP contribution in [0.5, 0.6) is 0 Å². The molecular formula is C9H14O3. The molecule has 12 heavy (non-hydrogen) atoms. The van der Waals surface area contributed by atoms with E-state index in [-0.39, 0.29) is 23.6 Å². The standard InChI is InChI=1S/C9H14O3/c1-6-5-7(9(11)12-2)3-4-8(6)10/h6-7H,3-5H2,1-2H3/t6-,7-/m0/s1. The first-order valence-electron chi connectivity index (χ1n) is 4.25. The van der Waals surface area contributed by atoms with Gasteiger partial charge >= 0.3 is 5.97 Å². The highest BCUT2D eigenvalue weighted by molar-refractivity contribution is 5.84. The molecule has 0 saturated heterocycles. The van der Waals surface area contributed by atoms with Gasteiger partial charge in [-0.1, -0.05) is 6.92 Å². The molecular weight excluding hydrogens is 156 g/mol. The molecule has 0 radical (unpaired) electrons. The van der Waals surface area contributed by atoms with E-state index in [2.05, 4.69) is 4.74 Å². The van der Waals surface area contributed by atoms with Gasteiger partial charge < -0.3 is 4.74 Å². The summed E-state index contributed by atoms with van der Waals surface area (Å²) < 4.78 is 4.62. The highest BCUT2D eigenvalue weighted by Gasteiger charge is 2.30. The van der Waals surface area contributed by atoms with Crippen LogP contribution in [-0.4, -0.2) is 18.9 Å². The Morgan fingerprint density at radius 3 is 2.75 bits per heavy atom. The normalized spacial score (nSPS) is 30.0. The minimum absolute atomic E-state index is 0.0304. The van der Waals surface area contributed by atoms with Crippen molar-refractivity contribution in [1.82, 2.24) is 0 Å². The number of ketones is 1. The average Bonchev–Trinajstić information content (AvgIpc) is 2.08. The summed E-state index contributed by atoms with van der Waals surface area (Å²) in [5.41, 5.74) is 0. The molecule has 0 unspecified atom stereocenters. The molecule has 1 fully saturated rings. The van der Waals surface area contributed by atoms with Crippen LogP contribution in [0.2, 0.25) is 0 Å². The Kier molecular flexibility index (Phi) is 2.84. The van der Waals surface area contributed by atoms with E-state index in [4.69, 9.17) is 0 Å². The van der Waals surface area contributed by atoms with E-state index in [0.717, 1.165) is 0 Å². The molecule has 0 aromatic carbocycles. The van der Waals surface area contributed by atoms with Crippen LogP contribution in [0.25, 0.3) is 0 Å². The zero-order chi connectivity index (χ0) is 9.14. The van der Waals surface area contributed by atoms with Gasteiger partial charge in [-0.15, -0.1) is 0 Å². The third-order valence-corrected chi connectivity index (χ3v) is 2.46. The van der Waals surface area contributed by atoms with Crippen LogP contribution in [0.4, 0.5) is 0 Å². The number of hydrogen-bond acceptors (Lipinski definition) is 3. The lowest BCUT2D eigenvalue weighted by atomic mass is 9.81. The van der Waals surface area contributed by atoms with E-state index in [1.165, 1.54) is 7.11 Å². The Hall–Kier alpha value is -0.860. The number of carbonyl (C=O) groups is 2. The highest BCUT2D eigenvalue weighted by atomic mass is 16.5. The van der Waals surface area contributed by atoms with Crippen LogP contribution in [0, 0.1) is 11.8 Å². The Morgan fingerprint density at radius 1 is 1.58 bits per heavy atom. The highest BCUT2D eigenvalue weighted by Crippen LogP contribution is 2.26. The second-order valence-corrected chi connectivity index (χ2v) is 3.36. The second-order valence-electron chi connectivity index (χ2n) is 3.36. The van der Waals surface area contributed by atoms with Crippen LogP contribution in [0.3, 0.4) is 0 Å². The van der Waals surface area contributed by atoms with E-state index in [9.17, 15) is 9.59 Å². The van der Waals surface area contributed by atoms with Gasteiger partial charge in [-0.2, -0.15) is 0 Å². The number of esters is 1. The Bertz CT molecular complexity index is 198. The van der Waals surface area contributed by atoms with Crippen molar-refractivity contribution in [1.29, 1.82) is 0 Å². The first-order valence-corrected chi connectivity index (χ1v) is 4.25. The molecule has 3 heteroatoms. The summed E-state index contributed by atoms with van der Waals surface area (Å²) in [5, 5.41) is 0. The van der Waals surface area contributed by atoms with Crippen molar-refractivity contribution in [3.8, 4) is 0 Å². The molecule has 0 heterocycles. The summed E-state index contributed by atoms with van der Waals surface area (Å²) in [6.07, 6.45) is 1.85. The fourth-order valence-corrected chi connectivity index (χ4v) is 1.62. The van der Waals surface area contributed by atoms with Crippen molar-refractivity contribution >= 4 is 11.8 Å². The number of rotatable bonds is 1. The van der Waals surface area contributed by atoms with Gasteiger partial charge in [0.25, 0.3) is 0 Å². The van der Waals surface area contributed by atoms with Gasteiger partial charge in [-0.25, -0.2) is 0 Å². The monoisotopic (exact) mass is 170 g/mol. The number of ether oxygens (including phenoxy) is 1. The molecule has 0 bridgehead atoms. The van der Waals surface area contributed by atoms with Gasteiger partial charge in [0.15, 0.2) is 0 Å². The summed E-state index contributed by atoms with van der Waals surface area (Å²) >= 11 is 0. The van der Waals surface area contributed by atoms with E-state index in [0.29, 0.717) is 19.3 Å². The van der Waals surface area contributed by atoms with E-state index >= 15 is 0 Å². The van der Waals surface area contributed by atoms with Gasteiger partial charge in [-0.3, -0.25) is 9.59 Å². The smallest absolute Gasteiger partial charge is 0.308 e. The lowest BCUT2D eigenvalue weighted by molar-refractivity contribution is -0.148. The van der Waals surface area contributed by atoms with Gasteiger partial charge in [0.1, 0.15) is 5.78 Å². The van der Waals surface area contributed by atoms with Gasteiger partial charge in [0, 0.05) is 12.3 Å². The lowest BCUT2D eigenvalue weighted by Crippen LogP contribution is -2.28. The Labute approximate surface area is 72.1 Å². The maximum Gasteiger partial charge on any atom is 0.308 e. The molecule has 1 rings (SSSR count). The number of Topliss-reactive ketones (excluding diaryl/α,β-unsaturated/α-hetero) is 1. The molecule has 0 aromatic rings. The van der Waals surface area contributed by atoms with Crippen LogP contribution in [-0.2, 0) is 14.3 Å². The van der Waals surface area contributed by atoms with Crippen molar-refractivity contribution in [2.24, 2.45) is 11.8 Å². The number of methoxy groups -OCH3 is 1. The quantitative estimate of drug-likeness (QED) is 0.555. The van der Waals surface area contributed by atoms with Crippen LogP contribution in [0.1, 0.15) is 26.2 Å². The van der Waals surface area contributed by atoms with Crippen molar-refractivity contribution in [2.75, 3.05) is 7.11 Å². The second kappa shape index (κ2) is 3.70. The summed E-state index contributed by atoms with van der Waals surface area (Å²) in [6.45, 7) is 1.87. The summed E-state index contributed by atoms with van der Waals surface area (Å²) in [5.74, 6) is 0.0788. The fraction of sp³-hybridized carbons (Fsp3) is 0.778. The lowest BCUT2D eigenvalue weighted by Gasteiger charge is -2.23. The predicted molar refractivity (Wildman–Crippen MR) is 43.5 cm³/mol. The summed E-state index contributed by atoms with van der Waals surface area (Å²) in [7, 11) is 1.39. The number of hydrogen-bond donors (Lipinski definition) is 0. The first kappa shape index (κ1) is 9.23. The summed E-state index contributed by atoms with van der Waals surface area (Å²) in [6, 6.07) is 0. The first-order chi connectivity index (χ1) is 5.65. The van der Waals surface area contributed by atoms with Crippen molar-refractivity contribution in [3.05, 3.63) is 0 Å². The Balaban J connectivity index is 2.50. The van der Waals surface area contributed by atoms with Crippen LogP contribution >= 0.6 is 0 Å². The van der Waals surface area contributed by atoms with Crippen molar-refractivity contribution < 1.29 is 14.3 Å². The molecule has 3 nitrogen and oxygen atoms in total. The Morgan fingerprint density at radius 2 is 2.25 bits per heavy atom. The maximum absolute atomic E-state index is 11.1. The number of carbonyl (C=O) groups excluding carboxylic acids is 2. The molecule has 1 aliphatic carbocycles. The van der Waals surface area contributed by atoms with Crippen LogP contribution in [0.15, 0.2) is 0 Å². The predicted octanol–water partition coefficient (Wildman–Crippen LogP) is 1.16. The van der Waals surface area contributed by atoms with E-state index in [1.807, 2.05) is 6.92 Å². The zero-order valence-corrected chi connectivity index (χ0v) is 7.50. The molecule has 0 aromatic heterocycles. The van der Waals surface area contributed by atoms with E-state index in [1.54, 1.807) is 0 Å². The third-order valence-electron chi connectivity index (χ3n) is 2.46. The molecule has 0 spiro atoms. The minimum Gasteiger partial charge on any atom is -0.469 e. The largest absolute Gasteiger partial charge is 0.469 e. The molecule has 68 valence electrons. The molecule has 1 saturated carbocycles. The molecule has 1 aliphatic rings. The van der Waals surface area contributed by atoms with E-state index < -0.39 is 0 Å². The average molecular weight is 170 g/mol. The van der Waals surface area contributed by atoms with Gasteiger partial charge in [-0.05, 0) is 12.8 Å². The van der Waals surface area contributed by atoms with Crippen LogP contribution < -0.4 is 0 Å². The zero-order valence-electron chi connectivity index (χ0n) is 7.50.